The minimum absolute atomic E-state index is 0.199. The molecular weight excluding hydrogens is 307 g/mol. The molecule has 0 aromatic rings. The third-order valence-corrected chi connectivity index (χ3v) is 3.61. The summed E-state index contributed by atoms with van der Waals surface area (Å²) in [6.07, 6.45) is 1.77. The van der Waals surface area contributed by atoms with Crippen LogP contribution in [0.1, 0.15) is 6.42 Å². The van der Waals surface area contributed by atoms with E-state index in [1.165, 1.54) is 6.08 Å². The Kier molecular flexibility index (Phi) is 3.60. The van der Waals surface area contributed by atoms with Gasteiger partial charge in [-0.25, -0.2) is 0 Å². The van der Waals surface area contributed by atoms with Crippen LogP contribution in [0.15, 0.2) is 12.2 Å². The molecule has 2 aliphatic heterocycles. The van der Waals surface area contributed by atoms with Crippen molar-refractivity contribution in [3.05, 3.63) is 12.2 Å². The molecule has 1 fully saturated rings. The van der Waals surface area contributed by atoms with Gasteiger partial charge in [0.2, 0.25) is 0 Å². The van der Waals surface area contributed by atoms with Gasteiger partial charge < -0.3 is 4.74 Å². The second-order valence-corrected chi connectivity index (χ2v) is 5.56. The van der Waals surface area contributed by atoms with Gasteiger partial charge in [-0.15, -0.1) is 9.35 Å². The molecule has 1 saturated heterocycles. The van der Waals surface area contributed by atoms with Gasteiger partial charge in [0.25, 0.3) is 11.8 Å². The average Bonchev–Trinajstić information content (AvgIpc) is 2.91. The molecule has 2 heterocycles. The molecule has 0 spiro atoms. The predicted molar refractivity (Wildman–Crippen MR) is 54.9 cm³/mol. The van der Waals surface area contributed by atoms with Crippen molar-refractivity contribution in [3.63, 3.8) is 0 Å². The number of amides is 2. The highest BCUT2D eigenvalue weighted by Crippen LogP contribution is 2.31. The largest absolute Gasteiger partial charge is 0.525 e. The molecule has 0 radical (unpaired) electrons. The van der Waals surface area contributed by atoms with E-state index in [9.17, 15) is 31.2 Å². The monoisotopic (exact) mass is 315 g/mol. The summed E-state index contributed by atoms with van der Waals surface area (Å²) in [5.74, 6) is -3.44. The quantitative estimate of drug-likeness (QED) is 0.417. The number of hydrogen-bond acceptors (Lipinski definition) is 6. The summed E-state index contributed by atoms with van der Waals surface area (Å²) in [5.41, 5.74) is -5.73. The van der Waals surface area contributed by atoms with Gasteiger partial charge in [0.15, 0.2) is 0 Å². The maximum absolute atomic E-state index is 12.1. The summed E-state index contributed by atoms with van der Waals surface area (Å²) < 4.78 is 66.6. The molecule has 2 unspecified atom stereocenters. The van der Waals surface area contributed by atoms with E-state index in [-0.39, 0.29) is 11.7 Å². The molecule has 0 aromatic carbocycles. The van der Waals surface area contributed by atoms with Crippen LogP contribution in [-0.4, -0.2) is 43.5 Å². The SMILES string of the molecule is O=C1CC(C2C=CCO2)C(=O)N1OS(=O)(=O)C(F)(F)F. The topological polar surface area (TPSA) is 90.0 Å². The summed E-state index contributed by atoms with van der Waals surface area (Å²) >= 11 is 0. The molecule has 11 heteroatoms. The molecule has 20 heavy (non-hydrogen) atoms. The van der Waals surface area contributed by atoms with Crippen molar-refractivity contribution in [1.82, 2.24) is 5.06 Å². The highest BCUT2D eigenvalue weighted by atomic mass is 32.2. The van der Waals surface area contributed by atoms with Gasteiger partial charge in [0.1, 0.15) is 0 Å². The van der Waals surface area contributed by atoms with Crippen molar-refractivity contribution < 1.29 is 40.2 Å². The van der Waals surface area contributed by atoms with Crippen LogP contribution in [0.4, 0.5) is 13.2 Å². The van der Waals surface area contributed by atoms with E-state index >= 15 is 0 Å². The van der Waals surface area contributed by atoms with Crippen LogP contribution in [0.3, 0.4) is 0 Å². The minimum atomic E-state index is -6.07. The molecule has 2 aliphatic rings. The molecule has 7 nitrogen and oxygen atoms in total. The summed E-state index contributed by atoms with van der Waals surface area (Å²) in [6.45, 7) is 0.199. The molecule has 2 atom stereocenters. The molecule has 0 aromatic heterocycles. The van der Waals surface area contributed by atoms with Gasteiger partial charge in [-0.2, -0.15) is 21.6 Å². The number of alkyl halides is 3. The Morgan fingerprint density at radius 1 is 1.35 bits per heavy atom. The van der Waals surface area contributed by atoms with Crippen molar-refractivity contribution in [3.8, 4) is 0 Å². The first-order valence-electron chi connectivity index (χ1n) is 5.29. The Hall–Kier alpha value is -1.46. The third-order valence-electron chi connectivity index (χ3n) is 2.70. The number of carbonyl (C=O) groups excluding carboxylic acids is 2. The number of rotatable bonds is 3. The van der Waals surface area contributed by atoms with Crippen molar-refractivity contribution in [2.45, 2.75) is 18.0 Å². The maximum Gasteiger partial charge on any atom is 0.525 e. The summed E-state index contributed by atoms with van der Waals surface area (Å²) in [7, 11) is -6.07. The first kappa shape index (κ1) is 14.9. The molecule has 0 aliphatic carbocycles. The standard InChI is InChI=1S/C9H8F3NO6S/c10-9(11,12)20(16,17)19-13-7(14)4-5(8(13)15)6-2-1-3-18-6/h1-2,5-6H,3-4H2. The summed E-state index contributed by atoms with van der Waals surface area (Å²) in [5, 5.41) is -0.372. The van der Waals surface area contributed by atoms with Crippen LogP contribution in [0, 0.1) is 5.92 Å². The summed E-state index contributed by atoms with van der Waals surface area (Å²) in [6, 6.07) is 0. The number of hydroxylamine groups is 2. The second kappa shape index (κ2) is 4.82. The van der Waals surface area contributed by atoms with Crippen LogP contribution in [0.2, 0.25) is 0 Å². The Balaban J connectivity index is 2.16. The lowest BCUT2D eigenvalue weighted by atomic mass is 10.0. The van der Waals surface area contributed by atoms with Crippen LogP contribution in [0.5, 0.6) is 0 Å². The van der Waals surface area contributed by atoms with Gasteiger partial charge in [-0.3, -0.25) is 9.59 Å². The average molecular weight is 315 g/mol. The van der Waals surface area contributed by atoms with Gasteiger partial charge in [-0.1, -0.05) is 12.2 Å². The zero-order chi connectivity index (χ0) is 15.1. The first-order valence-corrected chi connectivity index (χ1v) is 6.70. The number of nitrogens with zero attached hydrogens (tertiary/aromatic N) is 1. The van der Waals surface area contributed by atoms with E-state index in [1.54, 1.807) is 6.08 Å². The Bertz CT molecular complexity index is 569. The normalized spacial score (nSPS) is 27.6. The lowest BCUT2D eigenvalue weighted by molar-refractivity contribution is -0.168. The fourth-order valence-electron chi connectivity index (χ4n) is 1.77. The van der Waals surface area contributed by atoms with Crippen LogP contribution < -0.4 is 0 Å². The zero-order valence-corrected chi connectivity index (χ0v) is 10.5. The predicted octanol–water partition coefficient (Wildman–Crippen LogP) is 0.0977. The Labute approximate surface area is 111 Å². The lowest BCUT2D eigenvalue weighted by Gasteiger charge is -2.16. The number of ether oxygens (including phenoxy) is 1. The number of hydrogen-bond donors (Lipinski definition) is 0. The van der Waals surface area contributed by atoms with E-state index in [1.807, 2.05) is 0 Å². The van der Waals surface area contributed by atoms with Crippen molar-refractivity contribution >= 4 is 21.9 Å². The molecular formula is C9H8F3NO6S. The third kappa shape index (κ3) is 2.55. The van der Waals surface area contributed by atoms with Gasteiger partial charge in [-0.05, 0) is 0 Å². The second-order valence-electron chi connectivity index (χ2n) is 4.04. The minimum Gasteiger partial charge on any atom is -0.369 e. The highest BCUT2D eigenvalue weighted by molar-refractivity contribution is 7.87. The van der Waals surface area contributed by atoms with E-state index < -0.39 is 45.9 Å². The van der Waals surface area contributed by atoms with Gasteiger partial charge in [0, 0.05) is 6.42 Å². The molecule has 2 rings (SSSR count). The lowest BCUT2D eigenvalue weighted by Crippen LogP contribution is -2.39. The Morgan fingerprint density at radius 2 is 2.00 bits per heavy atom. The molecule has 0 saturated carbocycles. The van der Waals surface area contributed by atoms with Gasteiger partial charge in [0.05, 0.1) is 18.6 Å². The van der Waals surface area contributed by atoms with E-state index in [4.69, 9.17) is 4.74 Å². The molecule has 112 valence electrons. The van der Waals surface area contributed by atoms with Crippen molar-refractivity contribution in [2.24, 2.45) is 5.92 Å². The number of halogens is 3. The number of carbonyl (C=O) groups is 2. The van der Waals surface area contributed by atoms with Crippen LogP contribution >= 0.6 is 0 Å². The molecule has 0 N–H and O–H groups in total. The van der Waals surface area contributed by atoms with E-state index in [0.717, 1.165) is 0 Å². The first-order chi connectivity index (χ1) is 9.13. The van der Waals surface area contributed by atoms with Crippen LogP contribution in [-0.2, 0) is 28.7 Å². The maximum atomic E-state index is 12.1. The fourth-order valence-corrected chi connectivity index (χ4v) is 2.21. The van der Waals surface area contributed by atoms with E-state index in [0.29, 0.717) is 0 Å². The van der Waals surface area contributed by atoms with Crippen molar-refractivity contribution in [2.75, 3.05) is 6.61 Å². The van der Waals surface area contributed by atoms with Crippen molar-refractivity contribution in [1.29, 1.82) is 0 Å². The fraction of sp³-hybridized carbons (Fsp3) is 0.556. The van der Waals surface area contributed by atoms with Crippen LogP contribution in [0.25, 0.3) is 0 Å². The molecule has 2 amide bonds. The molecule has 0 bridgehead atoms. The summed E-state index contributed by atoms with van der Waals surface area (Å²) in [4.78, 5) is 23.2. The van der Waals surface area contributed by atoms with E-state index in [2.05, 4.69) is 4.28 Å². The number of imide groups is 1. The zero-order valence-electron chi connectivity index (χ0n) is 9.66. The highest BCUT2D eigenvalue weighted by Gasteiger charge is 2.53. The smallest absolute Gasteiger partial charge is 0.369 e. The Morgan fingerprint density at radius 3 is 2.50 bits per heavy atom. The van der Waals surface area contributed by atoms with Gasteiger partial charge >= 0.3 is 15.6 Å².